The molecule has 7 heteroatoms. The largest absolute Gasteiger partial charge is 0.379 e. The van der Waals surface area contributed by atoms with Gasteiger partial charge in [-0.05, 0) is 29.7 Å². The van der Waals surface area contributed by atoms with Crippen molar-refractivity contribution in [3.8, 4) is 0 Å². The number of morpholine rings is 1. The predicted molar refractivity (Wildman–Crippen MR) is 115 cm³/mol. The van der Waals surface area contributed by atoms with Crippen molar-refractivity contribution < 1.29 is 9.53 Å². The van der Waals surface area contributed by atoms with Crippen molar-refractivity contribution in [1.82, 2.24) is 20.0 Å². The van der Waals surface area contributed by atoms with Gasteiger partial charge in [0.2, 0.25) is 0 Å². The number of nitrogens with zero attached hydrogens (tertiary/aromatic N) is 3. The van der Waals surface area contributed by atoms with Gasteiger partial charge in [-0.25, -0.2) is 4.79 Å². The Morgan fingerprint density at radius 3 is 2.52 bits per heavy atom. The zero-order valence-electron chi connectivity index (χ0n) is 17.5. The summed E-state index contributed by atoms with van der Waals surface area (Å²) >= 11 is 0. The summed E-state index contributed by atoms with van der Waals surface area (Å²) < 4.78 is 7.37. The van der Waals surface area contributed by atoms with E-state index in [0.717, 1.165) is 56.9 Å². The number of anilines is 1. The van der Waals surface area contributed by atoms with Crippen LogP contribution in [0.15, 0.2) is 42.7 Å². The second kappa shape index (κ2) is 11.0. The molecule has 2 aromatic rings. The molecule has 7 nitrogen and oxygen atoms in total. The van der Waals surface area contributed by atoms with Crippen molar-refractivity contribution in [1.29, 1.82) is 0 Å². The van der Waals surface area contributed by atoms with Crippen molar-refractivity contribution in [2.75, 3.05) is 38.2 Å². The molecular formula is C22H33N5O2. The van der Waals surface area contributed by atoms with E-state index < -0.39 is 0 Å². The number of benzene rings is 1. The number of carbonyl (C=O) groups excluding carboxylic acids is 1. The summed E-state index contributed by atoms with van der Waals surface area (Å²) in [6, 6.07) is 9.98. The Bertz CT molecular complexity index is 722. The number of hydrogen-bond donors (Lipinski definition) is 2. The van der Waals surface area contributed by atoms with E-state index in [1.54, 1.807) is 6.20 Å². The van der Waals surface area contributed by atoms with E-state index in [-0.39, 0.29) is 6.03 Å². The summed E-state index contributed by atoms with van der Waals surface area (Å²) in [5, 5.41) is 10.2. The van der Waals surface area contributed by atoms with Crippen LogP contribution in [0.4, 0.5) is 10.5 Å². The molecule has 1 saturated heterocycles. The molecule has 2 N–H and O–H groups in total. The first-order valence-corrected chi connectivity index (χ1v) is 10.6. The fourth-order valence-corrected chi connectivity index (χ4v) is 3.98. The highest BCUT2D eigenvalue weighted by molar-refractivity contribution is 5.89. The van der Waals surface area contributed by atoms with Crippen LogP contribution in [-0.2, 0) is 11.3 Å². The van der Waals surface area contributed by atoms with Crippen LogP contribution in [0.1, 0.15) is 32.3 Å². The molecule has 2 amide bonds. The van der Waals surface area contributed by atoms with E-state index in [2.05, 4.69) is 34.5 Å². The minimum Gasteiger partial charge on any atom is -0.379 e. The molecule has 0 saturated carbocycles. The molecule has 1 unspecified atom stereocenters. The normalized spacial score (nSPS) is 16.0. The van der Waals surface area contributed by atoms with Gasteiger partial charge >= 0.3 is 6.03 Å². The quantitative estimate of drug-likeness (QED) is 0.679. The van der Waals surface area contributed by atoms with E-state index in [4.69, 9.17) is 4.74 Å². The third-order valence-corrected chi connectivity index (χ3v) is 5.69. The van der Waals surface area contributed by atoms with Gasteiger partial charge in [0.15, 0.2) is 0 Å². The molecule has 0 bridgehead atoms. The van der Waals surface area contributed by atoms with Crippen molar-refractivity contribution in [3.63, 3.8) is 0 Å². The minimum atomic E-state index is -0.158. The van der Waals surface area contributed by atoms with Crippen LogP contribution in [0, 0.1) is 5.92 Å². The molecule has 1 aromatic carbocycles. The lowest BCUT2D eigenvalue weighted by Gasteiger charge is -2.38. The van der Waals surface area contributed by atoms with Crippen LogP contribution in [0.2, 0.25) is 0 Å². The van der Waals surface area contributed by atoms with E-state index in [9.17, 15) is 4.79 Å². The zero-order chi connectivity index (χ0) is 20.5. The maximum Gasteiger partial charge on any atom is 0.319 e. The zero-order valence-corrected chi connectivity index (χ0v) is 17.5. The van der Waals surface area contributed by atoms with Crippen LogP contribution < -0.4 is 10.6 Å². The third-order valence-electron chi connectivity index (χ3n) is 5.69. The Kier molecular flexibility index (Phi) is 8.07. The summed E-state index contributed by atoms with van der Waals surface area (Å²) in [4.78, 5) is 14.9. The molecule has 1 aromatic heterocycles. The number of ether oxygens (including phenoxy) is 1. The van der Waals surface area contributed by atoms with E-state index in [0.29, 0.717) is 18.5 Å². The molecule has 1 atom stereocenters. The predicted octanol–water partition coefficient (Wildman–Crippen LogP) is 3.19. The first kappa shape index (κ1) is 21.3. The molecule has 0 spiro atoms. The monoisotopic (exact) mass is 399 g/mol. The summed E-state index contributed by atoms with van der Waals surface area (Å²) in [6.07, 6.45) is 5.93. The Morgan fingerprint density at radius 2 is 1.90 bits per heavy atom. The third kappa shape index (κ3) is 6.30. The maximum atomic E-state index is 12.5. The smallest absolute Gasteiger partial charge is 0.319 e. The first-order chi connectivity index (χ1) is 14.2. The van der Waals surface area contributed by atoms with Crippen molar-refractivity contribution >= 4 is 11.7 Å². The van der Waals surface area contributed by atoms with Gasteiger partial charge in [0.05, 0.1) is 19.8 Å². The maximum absolute atomic E-state index is 12.5. The highest BCUT2D eigenvalue weighted by atomic mass is 16.5. The van der Waals surface area contributed by atoms with Gasteiger partial charge in [-0.1, -0.05) is 38.8 Å². The molecule has 158 valence electrons. The number of nitrogens with one attached hydrogen (secondary N) is 2. The first-order valence-electron chi connectivity index (χ1n) is 10.6. The Balaban J connectivity index is 1.51. The second-order valence-electron chi connectivity index (χ2n) is 7.53. The molecule has 2 heterocycles. The van der Waals surface area contributed by atoms with Gasteiger partial charge in [0.25, 0.3) is 0 Å². The fraction of sp³-hybridized carbons (Fsp3) is 0.545. The molecule has 0 radical (unpaired) electrons. The number of aromatic nitrogens is 2. The Labute approximate surface area is 173 Å². The van der Waals surface area contributed by atoms with Gasteiger partial charge in [0, 0.05) is 43.8 Å². The number of urea groups is 1. The number of amides is 2. The van der Waals surface area contributed by atoms with Gasteiger partial charge < -0.3 is 15.4 Å². The summed E-state index contributed by atoms with van der Waals surface area (Å²) in [7, 11) is 0. The van der Waals surface area contributed by atoms with Crippen LogP contribution in [0.5, 0.6) is 0 Å². The molecule has 1 aliphatic rings. The topological polar surface area (TPSA) is 71.4 Å². The Morgan fingerprint density at radius 1 is 1.17 bits per heavy atom. The van der Waals surface area contributed by atoms with Crippen LogP contribution in [-0.4, -0.2) is 59.6 Å². The van der Waals surface area contributed by atoms with Gasteiger partial charge in [-0.2, -0.15) is 5.10 Å². The molecule has 29 heavy (non-hydrogen) atoms. The van der Waals surface area contributed by atoms with Crippen molar-refractivity contribution in [2.45, 2.75) is 39.3 Å². The lowest BCUT2D eigenvalue weighted by Crippen LogP contribution is -2.52. The molecule has 1 fully saturated rings. The summed E-state index contributed by atoms with van der Waals surface area (Å²) in [5.41, 5.74) is 1.93. The van der Waals surface area contributed by atoms with Crippen molar-refractivity contribution in [3.05, 3.63) is 48.3 Å². The fourth-order valence-electron chi connectivity index (χ4n) is 3.98. The summed E-state index contributed by atoms with van der Waals surface area (Å²) in [5.74, 6) is 0.565. The average molecular weight is 400 g/mol. The average Bonchev–Trinajstić information content (AvgIpc) is 3.26. The molecule has 0 aliphatic carbocycles. The highest BCUT2D eigenvalue weighted by Crippen LogP contribution is 2.19. The van der Waals surface area contributed by atoms with E-state index >= 15 is 0 Å². The Hall–Kier alpha value is -2.38. The van der Waals surface area contributed by atoms with Gasteiger partial charge in [-0.3, -0.25) is 9.58 Å². The second-order valence-corrected chi connectivity index (χ2v) is 7.53. The lowest BCUT2D eigenvalue weighted by atomic mass is 9.92. The molecule has 1 aliphatic heterocycles. The summed E-state index contributed by atoms with van der Waals surface area (Å²) in [6.45, 7) is 9.23. The minimum absolute atomic E-state index is 0.158. The lowest BCUT2D eigenvalue weighted by molar-refractivity contribution is 0.00247. The number of rotatable bonds is 9. The van der Waals surface area contributed by atoms with Gasteiger partial charge in [-0.15, -0.1) is 0 Å². The van der Waals surface area contributed by atoms with Crippen LogP contribution >= 0.6 is 0 Å². The van der Waals surface area contributed by atoms with E-state index in [1.807, 2.05) is 41.2 Å². The van der Waals surface area contributed by atoms with Crippen LogP contribution in [0.3, 0.4) is 0 Å². The van der Waals surface area contributed by atoms with Gasteiger partial charge in [0.1, 0.15) is 0 Å². The standard InChI is InChI=1S/C22H33N5O2/c1-3-19(4-2)21(26-12-14-29-15-13-26)16-23-22(28)25-20-8-6-18(7-9-20)17-27-11-5-10-24-27/h5-11,19,21H,3-4,12-17H2,1-2H3,(H2,23,25,28). The SMILES string of the molecule is CCC(CC)C(CNC(=O)Nc1ccc(Cn2cccn2)cc1)N1CCOCC1. The van der Waals surface area contributed by atoms with Crippen molar-refractivity contribution in [2.24, 2.45) is 5.92 Å². The molecule has 3 rings (SSSR count). The van der Waals surface area contributed by atoms with Crippen LogP contribution in [0.25, 0.3) is 0 Å². The number of hydrogen-bond acceptors (Lipinski definition) is 4. The number of carbonyl (C=O) groups is 1. The highest BCUT2D eigenvalue weighted by Gasteiger charge is 2.27. The molecular weight excluding hydrogens is 366 g/mol. The van der Waals surface area contributed by atoms with E-state index in [1.165, 1.54) is 0 Å².